The predicted molar refractivity (Wildman–Crippen MR) is 88.0 cm³/mol. The third-order valence-electron chi connectivity index (χ3n) is 4.37. The lowest BCUT2D eigenvalue weighted by molar-refractivity contribution is -0.137. The Morgan fingerprint density at radius 2 is 1.84 bits per heavy atom. The predicted octanol–water partition coefficient (Wildman–Crippen LogP) is 2.95. The number of hydrogen-bond donors (Lipinski definition) is 2. The number of rotatable bonds is 4. The number of aliphatic hydroxyl groups is 1. The number of nitrogens with two attached hydrogens (primary N) is 1. The van der Waals surface area contributed by atoms with Crippen molar-refractivity contribution < 1.29 is 18.3 Å². The number of aliphatic hydroxyl groups excluding tert-OH is 1. The Morgan fingerprint density at radius 1 is 1.20 bits per heavy atom. The quantitative estimate of drug-likeness (QED) is 0.885. The maximum absolute atomic E-state index is 12.6. The minimum Gasteiger partial charge on any atom is -0.393 e. The Balaban J connectivity index is 1.73. The Morgan fingerprint density at radius 3 is 2.40 bits per heavy atom. The molecular weight excluding hydrogens is 333 g/mol. The van der Waals surface area contributed by atoms with E-state index in [-0.39, 0.29) is 18.0 Å². The van der Waals surface area contributed by atoms with E-state index in [0.717, 1.165) is 23.4 Å². The highest BCUT2D eigenvalue weighted by Gasteiger charge is 2.31. The SMILES string of the molecule is CN(Cc1ccc(C(F)(F)F)cc1)c1cc(C2CC(O)C2)nc(N)n1. The highest BCUT2D eigenvalue weighted by Crippen LogP contribution is 2.37. The summed E-state index contributed by atoms with van der Waals surface area (Å²) in [6.45, 7) is 0.390. The molecule has 0 aliphatic heterocycles. The molecule has 0 spiro atoms. The molecule has 8 heteroatoms. The van der Waals surface area contributed by atoms with Crippen LogP contribution in [0, 0.1) is 0 Å². The average molecular weight is 352 g/mol. The van der Waals surface area contributed by atoms with E-state index in [1.165, 1.54) is 12.1 Å². The Bertz CT molecular complexity index is 743. The molecule has 1 fully saturated rings. The van der Waals surface area contributed by atoms with Gasteiger partial charge in [-0.25, -0.2) is 4.98 Å². The lowest BCUT2D eigenvalue weighted by Crippen LogP contribution is -2.28. The molecule has 5 nitrogen and oxygen atoms in total. The summed E-state index contributed by atoms with van der Waals surface area (Å²) in [5, 5.41) is 9.44. The first-order valence-electron chi connectivity index (χ1n) is 7.92. The Labute approximate surface area is 143 Å². The number of aromatic nitrogens is 2. The van der Waals surface area contributed by atoms with Gasteiger partial charge in [0.2, 0.25) is 5.95 Å². The second kappa shape index (κ2) is 6.51. The van der Waals surface area contributed by atoms with Crippen molar-refractivity contribution in [3.8, 4) is 0 Å². The monoisotopic (exact) mass is 352 g/mol. The van der Waals surface area contributed by atoms with Crippen molar-refractivity contribution in [2.45, 2.75) is 37.6 Å². The van der Waals surface area contributed by atoms with Gasteiger partial charge in [-0.1, -0.05) is 12.1 Å². The van der Waals surface area contributed by atoms with Crippen LogP contribution in [0.15, 0.2) is 30.3 Å². The molecule has 3 rings (SSSR count). The zero-order valence-corrected chi connectivity index (χ0v) is 13.7. The van der Waals surface area contributed by atoms with Crippen molar-refractivity contribution in [3.05, 3.63) is 47.2 Å². The van der Waals surface area contributed by atoms with Crippen molar-refractivity contribution in [1.29, 1.82) is 0 Å². The van der Waals surface area contributed by atoms with Gasteiger partial charge in [-0.15, -0.1) is 0 Å². The van der Waals surface area contributed by atoms with Crippen LogP contribution >= 0.6 is 0 Å². The van der Waals surface area contributed by atoms with Crippen LogP contribution in [0.5, 0.6) is 0 Å². The number of benzene rings is 1. The zero-order chi connectivity index (χ0) is 18.2. The van der Waals surface area contributed by atoms with Crippen molar-refractivity contribution in [1.82, 2.24) is 9.97 Å². The van der Waals surface area contributed by atoms with E-state index in [2.05, 4.69) is 9.97 Å². The molecule has 1 heterocycles. The molecule has 1 aromatic carbocycles. The summed E-state index contributed by atoms with van der Waals surface area (Å²) < 4.78 is 37.9. The molecule has 25 heavy (non-hydrogen) atoms. The van der Waals surface area contributed by atoms with E-state index in [0.29, 0.717) is 25.2 Å². The van der Waals surface area contributed by atoms with Gasteiger partial charge in [0.05, 0.1) is 17.4 Å². The number of anilines is 2. The summed E-state index contributed by atoms with van der Waals surface area (Å²) in [5.41, 5.74) is 6.62. The smallest absolute Gasteiger partial charge is 0.393 e. The van der Waals surface area contributed by atoms with Crippen molar-refractivity contribution in [2.75, 3.05) is 17.7 Å². The van der Waals surface area contributed by atoms with Gasteiger partial charge in [-0.05, 0) is 30.5 Å². The van der Waals surface area contributed by atoms with Crippen molar-refractivity contribution in [3.63, 3.8) is 0 Å². The number of hydrogen-bond acceptors (Lipinski definition) is 5. The topological polar surface area (TPSA) is 75.3 Å². The lowest BCUT2D eigenvalue weighted by Gasteiger charge is -2.31. The molecule has 1 aliphatic carbocycles. The van der Waals surface area contributed by atoms with Crippen LogP contribution in [-0.2, 0) is 12.7 Å². The third-order valence-corrected chi connectivity index (χ3v) is 4.37. The maximum Gasteiger partial charge on any atom is 0.416 e. The van der Waals surface area contributed by atoms with Crippen LogP contribution in [0.3, 0.4) is 0 Å². The third kappa shape index (κ3) is 4.01. The molecule has 3 N–H and O–H groups in total. The van der Waals surface area contributed by atoms with Gasteiger partial charge >= 0.3 is 6.18 Å². The summed E-state index contributed by atoms with van der Waals surface area (Å²) >= 11 is 0. The largest absolute Gasteiger partial charge is 0.416 e. The minimum absolute atomic E-state index is 0.146. The summed E-state index contributed by atoms with van der Waals surface area (Å²) in [5.74, 6) is 0.912. The van der Waals surface area contributed by atoms with E-state index in [4.69, 9.17) is 5.73 Å². The second-order valence-electron chi connectivity index (χ2n) is 6.38. The van der Waals surface area contributed by atoms with Gasteiger partial charge in [-0.2, -0.15) is 18.2 Å². The molecule has 134 valence electrons. The Hall–Kier alpha value is -2.35. The van der Waals surface area contributed by atoms with E-state index in [9.17, 15) is 18.3 Å². The number of nitrogens with zero attached hydrogens (tertiary/aromatic N) is 3. The molecule has 0 atom stereocenters. The molecule has 0 amide bonds. The highest BCUT2D eigenvalue weighted by molar-refractivity contribution is 5.45. The zero-order valence-electron chi connectivity index (χ0n) is 13.7. The van der Waals surface area contributed by atoms with E-state index >= 15 is 0 Å². The van der Waals surface area contributed by atoms with Gasteiger partial charge in [-0.3, -0.25) is 0 Å². The summed E-state index contributed by atoms with van der Waals surface area (Å²) in [4.78, 5) is 10.2. The number of alkyl halides is 3. The Kier molecular flexibility index (Phi) is 4.55. The van der Waals surface area contributed by atoms with Crippen LogP contribution in [0.25, 0.3) is 0 Å². The normalized spacial score (nSPS) is 20.2. The molecule has 2 aromatic rings. The fraction of sp³-hybridized carbons (Fsp3) is 0.412. The van der Waals surface area contributed by atoms with Gasteiger partial charge < -0.3 is 15.7 Å². The molecule has 1 aliphatic rings. The van der Waals surface area contributed by atoms with Crippen molar-refractivity contribution in [2.24, 2.45) is 0 Å². The maximum atomic E-state index is 12.6. The van der Waals surface area contributed by atoms with E-state index < -0.39 is 11.7 Å². The molecule has 0 unspecified atom stereocenters. The average Bonchev–Trinajstić information content (AvgIpc) is 2.51. The molecular formula is C17H19F3N4O. The van der Waals surface area contributed by atoms with Gasteiger partial charge in [0.1, 0.15) is 5.82 Å². The van der Waals surface area contributed by atoms with E-state index in [1.807, 2.05) is 6.07 Å². The minimum atomic E-state index is -4.34. The van der Waals surface area contributed by atoms with Crippen LogP contribution in [0.2, 0.25) is 0 Å². The van der Waals surface area contributed by atoms with Gasteiger partial charge in [0.25, 0.3) is 0 Å². The molecule has 0 saturated heterocycles. The summed E-state index contributed by atoms with van der Waals surface area (Å²) in [6, 6.07) is 6.86. The standard InChI is InChI=1S/C17H19F3N4O/c1-24(9-10-2-4-12(5-3-10)17(18,19)20)15-8-14(22-16(21)23-15)11-6-13(25)7-11/h2-5,8,11,13,25H,6-7,9H2,1H3,(H2,21,22,23). The number of nitrogen functional groups attached to an aromatic ring is 1. The fourth-order valence-corrected chi connectivity index (χ4v) is 2.86. The van der Waals surface area contributed by atoms with Crippen LogP contribution < -0.4 is 10.6 Å². The van der Waals surface area contributed by atoms with Gasteiger partial charge in [0.15, 0.2) is 0 Å². The molecule has 0 radical (unpaired) electrons. The van der Waals surface area contributed by atoms with Crippen LogP contribution in [-0.4, -0.2) is 28.2 Å². The molecule has 0 bridgehead atoms. The molecule has 1 aromatic heterocycles. The van der Waals surface area contributed by atoms with Crippen molar-refractivity contribution >= 4 is 11.8 Å². The van der Waals surface area contributed by atoms with Gasteiger partial charge in [0, 0.05) is 25.6 Å². The summed E-state index contributed by atoms with van der Waals surface area (Å²) in [7, 11) is 1.79. The highest BCUT2D eigenvalue weighted by atomic mass is 19.4. The second-order valence-corrected chi connectivity index (χ2v) is 6.38. The first-order valence-corrected chi connectivity index (χ1v) is 7.92. The fourth-order valence-electron chi connectivity index (χ4n) is 2.86. The first-order chi connectivity index (χ1) is 11.7. The van der Waals surface area contributed by atoms with E-state index in [1.54, 1.807) is 11.9 Å². The molecule has 1 saturated carbocycles. The van der Waals surface area contributed by atoms with Crippen LogP contribution in [0.1, 0.15) is 35.6 Å². The lowest BCUT2D eigenvalue weighted by atomic mass is 9.80. The number of halogens is 3. The summed E-state index contributed by atoms with van der Waals surface area (Å²) in [6.07, 6.45) is -3.33. The first kappa shape index (κ1) is 17.5. The van der Waals surface area contributed by atoms with Crippen LogP contribution in [0.4, 0.5) is 24.9 Å².